The van der Waals surface area contributed by atoms with Crippen molar-refractivity contribution >= 4 is 17.7 Å². The lowest BCUT2D eigenvalue weighted by Gasteiger charge is -2.08. The molecule has 0 atom stereocenters. The van der Waals surface area contributed by atoms with E-state index in [1.807, 2.05) is 12.1 Å². The number of carbonyl (C=O) groups excluding carboxylic acids is 1. The molecule has 0 fully saturated rings. The van der Waals surface area contributed by atoms with E-state index in [-0.39, 0.29) is 12.5 Å². The Balaban J connectivity index is 2.40. The van der Waals surface area contributed by atoms with E-state index < -0.39 is 5.97 Å². The molecular weight excluding hydrogens is 256 g/mol. The summed E-state index contributed by atoms with van der Waals surface area (Å²) in [6.07, 6.45) is 3.75. The van der Waals surface area contributed by atoms with Crippen molar-refractivity contribution in [3.63, 3.8) is 0 Å². The Morgan fingerprint density at radius 3 is 2.75 bits per heavy atom. The third kappa shape index (κ3) is 6.78. The van der Waals surface area contributed by atoms with Gasteiger partial charge in [0.2, 0.25) is 0 Å². The molecule has 0 saturated carbocycles. The largest absolute Gasteiger partial charge is 0.481 e. The zero-order chi connectivity index (χ0) is 14.8. The highest BCUT2D eigenvalue weighted by Gasteiger charge is 2.03. The second-order valence-electron chi connectivity index (χ2n) is 4.68. The summed E-state index contributed by atoms with van der Waals surface area (Å²) in [4.78, 5) is 22.2. The Bertz CT molecular complexity index is 446. The summed E-state index contributed by atoms with van der Waals surface area (Å²) in [6, 6.07) is 7.03. The Morgan fingerprint density at radius 1 is 1.25 bits per heavy atom. The molecule has 3 N–H and O–H groups in total. The van der Waals surface area contributed by atoms with Crippen LogP contribution in [0.25, 0.3) is 0 Å². The van der Waals surface area contributed by atoms with E-state index in [0.717, 1.165) is 24.8 Å². The number of hydrogen-bond acceptors (Lipinski definition) is 2. The van der Waals surface area contributed by atoms with Crippen LogP contribution in [0.5, 0.6) is 0 Å². The molecule has 2 amide bonds. The fourth-order valence-electron chi connectivity index (χ4n) is 1.81. The van der Waals surface area contributed by atoms with Crippen LogP contribution >= 0.6 is 0 Å². The third-order valence-corrected chi connectivity index (χ3v) is 2.88. The molecule has 5 heteroatoms. The van der Waals surface area contributed by atoms with Crippen LogP contribution in [0.2, 0.25) is 0 Å². The molecule has 0 aliphatic carbocycles. The van der Waals surface area contributed by atoms with Crippen molar-refractivity contribution in [3.8, 4) is 0 Å². The molecule has 20 heavy (non-hydrogen) atoms. The maximum absolute atomic E-state index is 11.6. The number of aliphatic carboxylic acids is 1. The standard InChI is InChI=1S/C15H22N2O3/c1-2-3-4-10-16-15(20)17-13-7-5-6-12(11-13)8-9-14(18)19/h5-7,11H,2-4,8-10H2,1H3,(H,18,19)(H2,16,17,20). The first kappa shape index (κ1) is 16.0. The first-order valence-corrected chi connectivity index (χ1v) is 6.97. The molecule has 0 unspecified atom stereocenters. The number of rotatable bonds is 8. The second kappa shape index (κ2) is 8.96. The van der Waals surface area contributed by atoms with Crippen LogP contribution in [0, 0.1) is 0 Å². The number of benzene rings is 1. The molecule has 0 bridgehead atoms. The fourth-order valence-corrected chi connectivity index (χ4v) is 1.81. The molecule has 0 heterocycles. The molecule has 1 rings (SSSR count). The second-order valence-corrected chi connectivity index (χ2v) is 4.68. The van der Waals surface area contributed by atoms with Crippen LogP contribution in [-0.2, 0) is 11.2 Å². The molecule has 0 aliphatic rings. The molecule has 1 aromatic carbocycles. The van der Waals surface area contributed by atoms with Crippen LogP contribution in [0.15, 0.2) is 24.3 Å². The highest BCUT2D eigenvalue weighted by Crippen LogP contribution is 2.12. The van der Waals surface area contributed by atoms with Gasteiger partial charge in [0.15, 0.2) is 0 Å². The van der Waals surface area contributed by atoms with Crippen LogP contribution in [0.1, 0.15) is 38.2 Å². The van der Waals surface area contributed by atoms with Gasteiger partial charge < -0.3 is 15.7 Å². The van der Waals surface area contributed by atoms with Crippen molar-refractivity contribution in [2.45, 2.75) is 39.0 Å². The van der Waals surface area contributed by atoms with Gasteiger partial charge >= 0.3 is 12.0 Å². The van der Waals surface area contributed by atoms with Gasteiger partial charge in [-0.15, -0.1) is 0 Å². The van der Waals surface area contributed by atoms with E-state index in [4.69, 9.17) is 5.11 Å². The maximum Gasteiger partial charge on any atom is 0.319 e. The number of anilines is 1. The normalized spacial score (nSPS) is 10.1. The summed E-state index contributed by atoms with van der Waals surface area (Å²) >= 11 is 0. The maximum atomic E-state index is 11.6. The minimum Gasteiger partial charge on any atom is -0.481 e. The molecule has 110 valence electrons. The van der Waals surface area contributed by atoms with Crippen molar-refractivity contribution in [1.82, 2.24) is 5.32 Å². The van der Waals surface area contributed by atoms with E-state index in [2.05, 4.69) is 17.6 Å². The molecule has 5 nitrogen and oxygen atoms in total. The molecule has 0 aromatic heterocycles. The summed E-state index contributed by atoms with van der Waals surface area (Å²) in [5, 5.41) is 14.2. The van der Waals surface area contributed by atoms with Crippen molar-refractivity contribution in [2.75, 3.05) is 11.9 Å². The lowest BCUT2D eigenvalue weighted by Crippen LogP contribution is -2.29. The Hall–Kier alpha value is -2.04. The minimum absolute atomic E-state index is 0.0899. The summed E-state index contributed by atoms with van der Waals surface area (Å²) in [5.41, 5.74) is 1.58. The predicted molar refractivity (Wildman–Crippen MR) is 78.9 cm³/mol. The Morgan fingerprint density at radius 2 is 2.05 bits per heavy atom. The van der Waals surface area contributed by atoms with Crippen LogP contribution in [0.4, 0.5) is 10.5 Å². The van der Waals surface area contributed by atoms with Crippen LogP contribution < -0.4 is 10.6 Å². The van der Waals surface area contributed by atoms with E-state index in [0.29, 0.717) is 18.7 Å². The average Bonchev–Trinajstić information content (AvgIpc) is 2.42. The topological polar surface area (TPSA) is 78.4 Å². The number of urea groups is 1. The van der Waals surface area contributed by atoms with Gasteiger partial charge in [0.05, 0.1) is 0 Å². The van der Waals surface area contributed by atoms with Gasteiger partial charge in [0.25, 0.3) is 0 Å². The summed E-state index contributed by atoms with van der Waals surface area (Å²) in [5.74, 6) is -0.822. The van der Waals surface area contributed by atoms with Gasteiger partial charge in [-0.25, -0.2) is 4.79 Å². The third-order valence-electron chi connectivity index (χ3n) is 2.88. The number of hydrogen-bond donors (Lipinski definition) is 3. The number of carboxylic acid groups (broad SMARTS) is 1. The molecule has 0 radical (unpaired) electrons. The SMILES string of the molecule is CCCCCNC(=O)Nc1cccc(CCC(=O)O)c1. The predicted octanol–water partition coefficient (Wildman–Crippen LogP) is 3.02. The van der Waals surface area contributed by atoms with E-state index >= 15 is 0 Å². The number of nitrogens with one attached hydrogen (secondary N) is 2. The van der Waals surface area contributed by atoms with Gasteiger partial charge in [0.1, 0.15) is 0 Å². The highest BCUT2D eigenvalue weighted by atomic mass is 16.4. The number of amides is 2. The first-order chi connectivity index (χ1) is 9.61. The number of carboxylic acids is 1. The quantitative estimate of drug-likeness (QED) is 0.640. The number of unbranched alkanes of at least 4 members (excludes halogenated alkanes) is 2. The van der Waals surface area contributed by atoms with E-state index in [1.165, 1.54) is 0 Å². The van der Waals surface area contributed by atoms with Gasteiger partial charge in [-0.05, 0) is 30.5 Å². The summed E-state index contributed by atoms with van der Waals surface area (Å²) < 4.78 is 0. The first-order valence-electron chi connectivity index (χ1n) is 6.97. The van der Waals surface area contributed by atoms with Crippen molar-refractivity contribution in [2.24, 2.45) is 0 Å². The van der Waals surface area contributed by atoms with Crippen molar-refractivity contribution in [1.29, 1.82) is 0 Å². The Labute approximate surface area is 119 Å². The highest BCUT2D eigenvalue weighted by molar-refractivity contribution is 5.89. The molecule has 0 spiro atoms. The van der Waals surface area contributed by atoms with Gasteiger partial charge in [0, 0.05) is 18.7 Å². The molecule has 1 aromatic rings. The molecule has 0 saturated heterocycles. The monoisotopic (exact) mass is 278 g/mol. The smallest absolute Gasteiger partial charge is 0.319 e. The van der Waals surface area contributed by atoms with E-state index in [9.17, 15) is 9.59 Å². The van der Waals surface area contributed by atoms with Crippen LogP contribution in [-0.4, -0.2) is 23.7 Å². The lowest BCUT2D eigenvalue weighted by molar-refractivity contribution is -0.136. The number of carbonyl (C=O) groups is 2. The zero-order valence-electron chi connectivity index (χ0n) is 11.8. The van der Waals surface area contributed by atoms with Crippen molar-refractivity contribution < 1.29 is 14.7 Å². The average molecular weight is 278 g/mol. The van der Waals surface area contributed by atoms with Gasteiger partial charge in [-0.3, -0.25) is 4.79 Å². The summed E-state index contributed by atoms with van der Waals surface area (Å²) in [6.45, 7) is 2.78. The minimum atomic E-state index is -0.822. The Kier molecular flexibility index (Phi) is 7.17. The molecular formula is C15H22N2O3. The number of aryl methyl sites for hydroxylation is 1. The van der Waals surface area contributed by atoms with Crippen molar-refractivity contribution in [3.05, 3.63) is 29.8 Å². The fraction of sp³-hybridized carbons (Fsp3) is 0.467. The van der Waals surface area contributed by atoms with E-state index in [1.54, 1.807) is 12.1 Å². The van der Waals surface area contributed by atoms with Gasteiger partial charge in [-0.1, -0.05) is 31.9 Å². The lowest BCUT2D eigenvalue weighted by atomic mass is 10.1. The van der Waals surface area contributed by atoms with Gasteiger partial charge in [-0.2, -0.15) is 0 Å². The van der Waals surface area contributed by atoms with Crippen LogP contribution in [0.3, 0.4) is 0 Å². The zero-order valence-corrected chi connectivity index (χ0v) is 11.8. The molecule has 0 aliphatic heterocycles. The summed E-state index contributed by atoms with van der Waals surface area (Å²) in [7, 11) is 0.